The van der Waals surface area contributed by atoms with Crippen LogP contribution in [0.5, 0.6) is 0 Å². The van der Waals surface area contributed by atoms with Gasteiger partial charge in [0.2, 0.25) is 6.29 Å². The molecule has 0 amide bonds. The second-order valence-electron chi connectivity index (χ2n) is 4.31. The molecule has 3 rings (SSSR count). The molecule has 0 aromatic carbocycles. The van der Waals surface area contributed by atoms with Crippen molar-refractivity contribution < 1.29 is 9.47 Å². The van der Waals surface area contributed by atoms with Crippen LogP contribution >= 0.6 is 11.6 Å². The molecule has 19 heavy (non-hydrogen) atoms. The molecular weight excluding hydrogens is 268 g/mol. The molecule has 0 radical (unpaired) electrons. The molecule has 2 aromatic heterocycles. The predicted octanol–water partition coefficient (Wildman–Crippen LogP) is 1.98. The van der Waals surface area contributed by atoms with E-state index in [9.17, 15) is 0 Å². The van der Waals surface area contributed by atoms with Gasteiger partial charge in [0.1, 0.15) is 10.8 Å². The Morgan fingerprint density at radius 2 is 2.05 bits per heavy atom. The third-order valence-corrected chi connectivity index (χ3v) is 2.99. The van der Waals surface area contributed by atoms with Gasteiger partial charge < -0.3 is 9.47 Å². The van der Waals surface area contributed by atoms with Crippen molar-refractivity contribution in [2.24, 2.45) is 0 Å². The van der Waals surface area contributed by atoms with Crippen molar-refractivity contribution in [2.45, 2.75) is 20.1 Å². The highest BCUT2D eigenvalue weighted by Crippen LogP contribution is 2.27. The lowest BCUT2D eigenvalue weighted by molar-refractivity contribution is -0.0475. The van der Waals surface area contributed by atoms with E-state index in [1.165, 1.54) is 6.20 Å². The monoisotopic (exact) mass is 280 g/mol. The molecule has 1 fully saturated rings. The number of aryl methyl sites for hydroxylation is 2. The molecule has 1 aliphatic heterocycles. The molecule has 0 unspecified atom stereocenters. The summed E-state index contributed by atoms with van der Waals surface area (Å²) in [5.74, 6) is 0.546. The Labute approximate surface area is 115 Å². The molecule has 3 heterocycles. The second kappa shape index (κ2) is 4.88. The number of hydrogen-bond acceptors (Lipinski definition) is 5. The van der Waals surface area contributed by atoms with E-state index in [-0.39, 0.29) is 0 Å². The van der Waals surface area contributed by atoms with Gasteiger partial charge in [0.25, 0.3) is 0 Å². The van der Waals surface area contributed by atoms with E-state index < -0.39 is 6.29 Å². The Morgan fingerprint density at radius 3 is 2.68 bits per heavy atom. The Kier molecular flexibility index (Phi) is 3.22. The number of halogens is 1. The quantitative estimate of drug-likeness (QED) is 0.842. The van der Waals surface area contributed by atoms with Gasteiger partial charge in [-0.05, 0) is 19.9 Å². The van der Waals surface area contributed by atoms with Crippen LogP contribution in [-0.2, 0) is 9.47 Å². The first-order valence-corrected chi connectivity index (χ1v) is 6.32. The molecular formula is C12H13ClN4O2. The molecule has 0 bridgehead atoms. The van der Waals surface area contributed by atoms with Gasteiger partial charge in [-0.25, -0.2) is 14.6 Å². The first kappa shape index (κ1) is 12.5. The molecule has 0 N–H and O–H groups in total. The summed E-state index contributed by atoms with van der Waals surface area (Å²) in [5, 5.41) is 4.71. The van der Waals surface area contributed by atoms with Crippen LogP contribution in [0, 0.1) is 13.8 Å². The summed E-state index contributed by atoms with van der Waals surface area (Å²) in [5.41, 5.74) is 2.44. The lowest BCUT2D eigenvalue weighted by atomic mass is 10.3. The Morgan fingerprint density at radius 1 is 1.32 bits per heavy atom. The van der Waals surface area contributed by atoms with Crippen LogP contribution in [0.3, 0.4) is 0 Å². The van der Waals surface area contributed by atoms with E-state index in [1.807, 2.05) is 19.9 Å². The van der Waals surface area contributed by atoms with Crippen LogP contribution in [0.25, 0.3) is 5.82 Å². The van der Waals surface area contributed by atoms with Crippen LogP contribution in [-0.4, -0.2) is 33.0 Å². The van der Waals surface area contributed by atoms with Gasteiger partial charge in [0.15, 0.2) is 5.82 Å². The zero-order valence-electron chi connectivity index (χ0n) is 10.6. The molecule has 0 spiro atoms. The molecule has 100 valence electrons. The molecule has 1 saturated heterocycles. The largest absolute Gasteiger partial charge is 0.345 e. The number of ether oxygens (including phenoxy) is 2. The lowest BCUT2D eigenvalue weighted by Crippen LogP contribution is -2.12. The maximum absolute atomic E-state index is 5.94. The third-order valence-electron chi connectivity index (χ3n) is 2.81. The molecule has 0 saturated carbocycles. The summed E-state index contributed by atoms with van der Waals surface area (Å²) in [6, 6.07) is 1.96. The van der Waals surface area contributed by atoms with Crippen LogP contribution in [0.15, 0.2) is 12.3 Å². The zero-order chi connectivity index (χ0) is 13.4. The minimum atomic E-state index is -0.510. The average molecular weight is 281 g/mol. The smallest absolute Gasteiger partial charge is 0.205 e. The standard InChI is InChI=1S/C12H13ClN4O2/c1-7-5-8(2)17(16-7)11-10(12-18-3-4-19-12)14-6-9(13)15-11/h5-6,12H,3-4H2,1-2H3. The topological polar surface area (TPSA) is 62.1 Å². The van der Waals surface area contributed by atoms with Gasteiger partial charge >= 0.3 is 0 Å². The first-order chi connectivity index (χ1) is 9.15. The summed E-state index contributed by atoms with van der Waals surface area (Å²) >= 11 is 5.94. The molecule has 0 atom stereocenters. The van der Waals surface area contributed by atoms with Crippen molar-refractivity contribution in [1.82, 2.24) is 19.7 Å². The first-order valence-electron chi connectivity index (χ1n) is 5.94. The minimum Gasteiger partial charge on any atom is -0.345 e. The fourth-order valence-electron chi connectivity index (χ4n) is 2.05. The maximum atomic E-state index is 5.94. The third kappa shape index (κ3) is 2.34. The highest BCUT2D eigenvalue weighted by Gasteiger charge is 2.26. The number of hydrogen-bond donors (Lipinski definition) is 0. The van der Waals surface area contributed by atoms with Crippen LogP contribution in [0.1, 0.15) is 23.4 Å². The average Bonchev–Trinajstić information content (AvgIpc) is 2.99. The Balaban J connectivity index is 2.12. The van der Waals surface area contributed by atoms with Gasteiger partial charge in [0.05, 0.1) is 25.1 Å². The summed E-state index contributed by atoms with van der Waals surface area (Å²) in [4.78, 5) is 8.59. The second-order valence-corrected chi connectivity index (χ2v) is 4.70. The normalized spacial score (nSPS) is 16.2. The van der Waals surface area contributed by atoms with Crippen molar-refractivity contribution in [3.8, 4) is 5.82 Å². The van der Waals surface area contributed by atoms with Crippen molar-refractivity contribution in [3.05, 3.63) is 34.5 Å². The summed E-state index contributed by atoms with van der Waals surface area (Å²) in [6.07, 6.45) is 0.973. The summed E-state index contributed by atoms with van der Waals surface area (Å²) in [6.45, 7) is 4.96. The molecule has 7 heteroatoms. The molecule has 6 nitrogen and oxygen atoms in total. The van der Waals surface area contributed by atoms with E-state index in [1.54, 1.807) is 4.68 Å². The van der Waals surface area contributed by atoms with Gasteiger partial charge in [-0.2, -0.15) is 5.10 Å². The number of aromatic nitrogens is 4. The van der Waals surface area contributed by atoms with Crippen LogP contribution < -0.4 is 0 Å². The van der Waals surface area contributed by atoms with Crippen LogP contribution in [0.2, 0.25) is 5.15 Å². The zero-order valence-corrected chi connectivity index (χ0v) is 11.4. The minimum absolute atomic E-state index is 0.310. The van der Waals surface area contributed by atoms with Gasteiger partial charge in [-0.1, -0.05) is 11.6 Å². The summed E-state index contributed by atoms with van der Waals surface area (Å²) in [7, 11) is 0. The lowest BCUT2D eigenvalue weighted by Gasteiger charge is -2.13. The number of rotatable bonds is 2. The number of nitrogens with zero attached hydrogens (tertiary/aromatic N) is 4. The summed E-state index contributed by atoms with van der Waals surface area (Å²) < 4.78 is 12.7. The van der Waals surface area contributed by atoms with Gasteiger partial charge in [-0.15, -0.1) is 0 Å². The van der Waals surface area contributed by atoms with Crippen LogP contribution in [0.4, 0.5) is 0 Å². The van der Waals surface area contributed by atoms with E-state index in [0.29, 0.717) is 29.9 Å². The molecule has 2 aromatic rings. The fourth-order valence-corrected chi connectivity index (χ4v) is 2.18. The Hall–Kier alpha value is -1.50. The fraction of sp³-hybridized carbons (Fsp3) is 0.417. The van der Waals surface area contributed by atoms with Crippen molar-refractivity contribution in [3.63, 3.8) is 0 Å². The highest BCUT2D eigenvalue weighted by molar-refractivity contribution is 6.29. The maximum Gasteiger partial charge on any atom is 0.205 e. The van der Waals surface area contributed by atoms with Crippen molar-refractivity contribution >= 4 is 11.6 Å². The van der Waals surface area contributed by atoms with Crippen molar-refractivity contribution in [1.29, 1.82) is 0 Å². The van der Waals surface area contributed by atoms with E-state index in [0.717, 1.165) is 11.4 Å². The molecule has 0 aliphatic carbocycles. The van der Waals surface area contributed by atoms with Crippen molar-refractivity contribution in [2.75, 3.05) is 13.2 Å². The van der Waals surface area contributed by atoms with E-state index in [2.05, 4.69) is 15.1 Å². The molecule has 1 aliphatic rings. The predicted molar refractivity (Wildman–Crippen MR) is 68.3 cm³/mol. The van der Waals surface area contributed by atoms with E-state index >= 15 is 0 Å². The SMILES string of the molecule is Cc1cc(C)n(-c2nc(Cl)cnc2C2OCCO2)n1. The highest BCUT2D eigenvalue weighted by atomic mass is 35.5. The van der Waals surface area contributed by atoms with Gasteiger partial charge in [-0.3, -0.25) is 0 Å². The van der Waals surface area contributed by atoms with E-state index in [4.69, 9.17) is 21.1 Å². The van der Waals surface area contributed by atoms with Gasteiger partial charge in [0, 0.05) is 5.69 Å². The Bertz CT molecular complexity index is 608.